The van der Waals surface area contributed by atoms with Crippen molar-refractivity contribution in [3.63, 3.8) is 0 Å². The second-order valence-electron chi connectivity index (χ2n) is 3.15. The molecule has 0 aromatic carbocycles. The topological polar surface area (TPSA) is 99.2 Å². The van der Waals surface area contributed by atoms with Gasteiger partial charge in [0.15, 0.2) is 0 Å². The van der Waals surface area contributed by atoms with Gasteiger partial charge in [0.2, 0.25) is 0 Å². The van der Waals surface area contributed by atoms with Gasteiger partial charge in [-0.25, -0.2) is 0 Å². The zero-order chi connectivity index (χ0) is 11.1. The van der Waals surface area contributed by atoms with Crippen molar-refractivity contribution in [2.75, 3.05) is 11.5 Å². The molecule has 8 heteroatoms. The summed E-state index contributed by atoms with van der Waals surface area (Å²) in [6.07, 6.45) is 0. The van der Waals surface area contributed by atoms with Crippen molar-refractivity contribution in [2.45, 2.75) is 25.9 Å². The summed E-state index contributed by atoms with van der Waals surface area (Å²) in [6.45, 7) is 3.61. The van der Waals surface area contributed by atoms with Crippen molar-refractivity contribution in [2.24, 2.45) is 5.73 Å². The standard InChI is InChI=1S/C8H17N3O2S.2ClH/c1-5(11-6(2)9)3-14-4-7(10)8(12)13;;/h5,7H,3-4,10H2,1-2H3,(H2,9,11)(H,12,13);2*1H/t5-,7+;;/m0../s1. The molecule has 0 spiro atoms. The summed E-state index contributed by atoms with van der Waals surface area (Å²) in [7, 11) is 0. The SMILES string of the molecule is CC(=N)N[C@@H](C)CSC[C@@H](N)C(=O)O.Cl.Cl. The molecule has 0 aromatic heterocycles. The molecule has 0 radical (unpaired) electrons. The highest BCUT2D eigenvalue weighted by Gasteiger charge is 2.11. The summed E-state index contributed by atoms with van der Waals surface area (Å²) in [4.78, 5) is 10.4. The number of carboxylic acid groups (broad SMARTS) is 1. The van der Waals surface area contributed by atoms with Gasteiger partial charge in [-0.2, -0.15) is 11.8 Å². The maximum Gasteiger partial charge on any atom is 0.321 e. The van der Waals surface area contributed by atoms with E-state index in [2.05, 4.69) is 5.32 Å². The van der Waals surface area contributed by atoms with Crippen LogP contribution in [0.1, 0.15) is 13.8 Å². The molecule has 0 unspecified atom stereocenters. The van der Waals surface area contributed by atoms with Gasteiger partial charge in [-0.3, -0.25) is 10.2 Å². The maximum atomic E-state index is 10.4. The molecule has 0 saturated carbocycles. The minimum Gasteiger partial charge on any atom is -0.480 e. The average Bonchev–Trinajstić information content (AvgIpc) is 2.02. The third kappa shape index (κ3) is 11.9. The molecular weight excluding hydrogens is 273 g/mol. The second kappa shape index (κ2) is 11.3. The van der Waals surface area contributed by atoms with E-state index < -0.39 is 12.0 Å². The highest BCUT2D eigenvalue weighted by atomic mass is 35.5. The Bertz CT molecular complexity index is 219. The van der Waals surface area contributed by atoms with Gasteiger partial charge in [-0.05, 0) is 13.8 Å². The van der Waals surface area contributed by atoms with E-state index in [9.17, 15) is 4.79 Å². The van der Waals surface area contributed by atoms with Crippen LogP contribution in [0.25, 0.3) is 0 Å². The van der Waals surface area contributed by atoms with Gasteiger partial charge >= 0.3 is 5.97 Å². The molecule has 0 aliphatic rings. The summed E-state index contributed by atoms with van der Waals surface area (Å²) >= 11 is 1.47. The summed E-state index contributed by atoms with van der Waals surface area (Å²) in [5.41, 5.74) is 5.32. The number of halogens is 2. The van der Waals surface area contributed by atoms with Crippen molar-refractivity contribution in [3.8, 4) is 0 Å². The summed E-state index contributed by atoms with van der Waals surface area (Å²) < 4.78 is 0. The Kier molecular flexibility index (Phi) is 15.0. The first kappa shape index (κ1) is 21.1. The fraction of sp³-hybridized carbons (Fsp3) is 0.750. The molecule has 5 nitrogen and oxygen atoms in total. The van der Waals surface area contributed by atoms with Crippen LogP contribution < -0.4 is 11.1 Å². The van der Waals surface area contributed by atoms with Gasteiger partial charge in [-0.15, -0.1) is 24.8 Å². The molecule has 0 fully saturated rings. The van der Waals surface area contributed by atoms with Gasteiger partial charge in [0.05, 0.1) is 5.84 Å². The Morgan fingerprint density at radius 3 is 2.38 bits per heavy atom. The lowest BCUT2D eigenvalue weighted by Gasteiger charge is -2.14. The smallest absolute Gasteiger partial charge is 0.321 e. The zero-order valence-electron chi connectivity index (χ0n) is 9.23. The molecule has 0 aromatic rings. The van der Waals surface area contributed by atoms with E-state index in [4.69, 9.17) is 16.2 Å². The Labute approximate surface area is 112 Å². The molecule has 0 heterocycles. The lowest BCUT2D eigenvalue weighted by Crippen LogP contribution is -2.35. The lowest BCUT2D eigenvalue weighted by molar-refractivity contribution is -0.137. The summed E-state index contributed by atoms with van der Waals surface area (Å²) in [5.74, 6) is 0.595. The quantitative estimate of drug-likeness (QED) is 0.431. The third-order valence-corrected chi connectivity index (χ3v) is 2.78. The second-order valence-corrected chi connectivity index (χ2v) is 4.23. The number of amidine groups is 1. The van der Waals surface area contributed by atoms with Crippen LogP contribution in [0.2, 0.25) is 0 Å². The van der Waals surface area contributed by atoms with E-state index in [0.29, 0.717) is 11.6 Å². The van der Waals surface area contributed by atoms with E-state index >= 15 is 0 Å². The molecule has 16 heavy (non-hydrogen) atoms. The molecule has 98 valence electrons. The largest absolute Gasteiger partial charge is 0.480 e. The number of nitrogens with two attached hydrogens (primary N) is 1. The highest BCUT2D eigenvalue weighted by Crippen LogP contribution is 2.04. The molecule has 0 aliphatic heterocycles. The van der Waals surface area contributed by atoms with Gasteiger partial charge in [0.25, 0.3) is 0 Å². The fourth-order valence-electron chi connectivity index (χ4n) is 0.854. The number of thioether (sulfide) groups is 1. The van der Waals surface area contributed by atoms with Gasteiger partial charge in [-0.1, -0.05) is 0 Å². The minimum atomic E-state index is -0.971. The first-order valence-corrected chi connectivity index (χ1v) is 5.46. The molecule has 0 saturated heterocycles. The Balaban J connectivity index is -0.000000845. The van der Waals surface area contributed by atoms with Gasteiger partial charge < -0.3 is 16.2 Å². The molecule has 5 N–H and O–H groups in total. The number of aliphatic carboxylic acids is 1. The van der Waals surface area contributed by atoms with Crippen molar-refractivity contribution in [1.82, 2.24) is 5.32 Å². The molecular formula is C8H19Cl2N3O2S. The van der Waals surface area contributed by atoms with Crippen molar-refractivity contribution >= 4 is 48.4 Å². The molecule has 2 atom stereocenters. The highest BCUT2D eigenvalue weighted by molar-refractivity contribution is 7.99. The van der Waals surface area contributed by atoms with E-state index in [1.165, 1.54) is 11.8 Å². The maximum absolute atomic E-state index is 10.4. The normalized spacial score (nSPS) is 12.7. The molecule has 0 bridgehead atoms. The molecule has 0 rings (SSSR count). The minimum absolute atomic E-state index is 0. The van der Waals surface area contributed by atoms with Crippen LogP contribution in [0, 0.1) is 5.41 Å². The Morgan fingerprint density at radius 1 is 1.50 bits per heavy atom. The van der Waals surface area contributed by atoms with E-state index in [0.717, 1.165) is 5.75 Å². The van der Waals surface area contributed by atoms with Crippen LogP contribution in [0.3, 0.4) is 0 Å². The first-order valence-electron chi connectivity index (χ1n) is 4.31. The predicted molar refractivity (Wildman–Crippen MR) is 73.4 cm³/mol. The fourth-order valence-corrected chi connectivity index (χ4v) is 1.82. The third-order valence-electron chi connectivity index (χ3n) is 1.45. The van der Waals surface area contributed by atoms with Crippen molar-refractivity contribution in [1.29, 1.82) is 5.41 Å². The number of carbonyl (C=O) groups is 1. The van der Waals surface area contributed by atoms with Crippen LogP contribution in [-0.2, 0) is 4.79 Å². The van der Waals surface area contributed by atoms with Crippen LogP contribution >= 0.6 is 36.6 Å². The first-order chi connectivity index (χ1) is 6.43. The molecule has 0 aliphatic carbocycles. The number of hydrogen-bond acceptors (Lipinski definition) is 4. The van der Waals surface area contributed by atoms with Crippen LogP contribution in [0.5, 0.6) is 0 Å². The Morgan fingerprint density at radius 2 is 2.00 bits per heavy atom. The van der Waals surface area contributed by atoms with Crippen molar-refractivity contribution < 1.29 is 9.90 Å². The Hall–Kier alpha value is -0.170. The average molecular weight is 292 g/mol. The van der Waals surface area contributed by atoms with Crippen molar-refractivity contribution in [3.05, 3.63) is 0 Å². The van der Waals surface area contributed by atoms with E-state index in [-0.39, 0.29) is 30.9 Å². The predicted octanol–water partition coefficient (Wildman–Crippen LogP) is 0.950. The van der Waals surface area contributed by atoms with Crippen LogP contribution in [0.15, 0.2) is 0 Å². The number of rotatable bonds is 6. The molecule has 0 amide bonds. The van der Waals surface area contributed by atoms with Gasteiger partial charge in [0.1, 0.15) is 6.04 Å². The number of carboxylic acids is 1. The lowest BCUT2D eigenvalue weighted by atomic mass is 10.4. The summed E-state index contributed by atoms with van der Waals surface area (Å²) in [6, 6.07) is -0.633. The van der Waals surface area contributed by atoms with E-state index in [1.54, 1.807) is 6.92 Å². The number of hydrogen-bond donors (Lipinski definition) is 4. The van der Waals surface area contributed by atoms with Crippen LogP contribution in [0.4, 0.5) is 0 Å². The van der Waals surface area contributed by atoms with Gasteiger partial charge in [0, 0.05) is 17.5 Å². The zero-order valence-corrected chi connectivity index (χ0v) is 11.7. The van der Waals surface area contributed by atoms with E-state index in [1.807, 2.05) is 6.92 Å². The summed E-state index contributed by atoms with van der Waals surface area (Å²) in [5, 5.41) is 18.6. The van der Waals surface area contributed by atoms with Crippen LogP contribution in [-0.4, -0.2) is 40.5 Å². The monoisotopic (exact) mass is 291 g/mol. The number of nitrogens with one attached hydrogen (secondary N) is 2.